The number of benzene rings is 10. The minimum atomic E-state index is 0.686. The molecule has 5 nitrogen and oxygen atoms in total. The molecule has 0 bridgehead atoms. The second kappa shape index (κ2) is 15.2. The quantitative estimate of drug-likeness (QED) is 0.167. The van der Waals surface area contributed by atoms with E-state index in [2.05, 4.69) is 238 Å². The monoisotopic (exact) mass is 909 g/mol. The SMILES string of the molecule is c1ccc(-c2cc(-c3cc(-n4c5ccccc5c5ccccc54)cc(-n4c5ccccc5c5c6sc7ccc(-n8c9ccccc9c9ccccc98)cc7c6ccc54)c3)nc(-c3ccccc3)n2)cc1. The molecule has 0 aliphatic heterocycles. The van der Waals surface area contributed by atoms with Crippen LogP contribution in [0.3, 0.4) is 0 Å². The van der Waals surface area contributed by atoms with Gasteiger partial charge in [0.1, 0.15) is 0 Å². The lowest BCUT2D eigenvalue weighted by Crippen LogP contribution is -2.01. The van der Waals surface area contributed by atoms with Gasteiger partial charge in [-0.15, -0.1) is 11.3 Å². The third kappa shape index (κ3) is 5.84. The average Bonchev–Trinajstić information content (AvgIpc) is 4.17. The maximum absolute atomic E-state index is 5.39. The molecular weight excluding hydrogens is 871 g/mol. The van der Waals surface area contributed by atoms with E-state index in [4.69, 9.17) is 9.97 Å². The third-order valence-electron chi connectivity index (χ3n) is 14.2. The summed E-state index contributed by atoms with van der Waals surface area (Å²) in [6, 6.07) is 85.5. The van der Waals surface area contributed by atoms with Gasteiger partial charge in [0.25, 0.3) is 0 Å². The van der Waals surface area contributed by atoms with Crippen molar-refractivity contribution in [1.29, 1.82) is 0 Å². The maximum atomic E-state index is 5.39. The van der Waals surface area contributed by atoms with Crippen molar-refractivity contribution >= 4 is 96.9 Å². The molecule has 0 N–H and O–H groups in total. The Kier molecular flexibility index (Phi) is 8.46. The number of para-hydroxylation sites is 5. The molecule has 0 unspecified atom stereocenters. The molecule has 326 valence electrons. The normalized spacial score (nSPS) is 12.0. The van der Waals surface area contributed by atoms with Gasteiger partial charge in [-0.1, -0.05) is 158 Å². The van der Waals surface area contributed by atoms with Gasteiger partial charge < -0.3 is 13.7 Å². The van der Waals surface area contributed by atoms with Gasteiger partial charge in [0.05, 0.1) is 44.5 Å². The average molecular weight is 910 g/mol. The van der Waals surface area contributed by atoms with Gasteiger partial charge >= 0.3 is 0 Å². The van der Waals surface area contributed by atoms with Gasteiger partial charge in [-0.05, 0) is 78.9 Å². The van der Waals surface area contributed by atoms with Crippen LogP contribution < -0.4 is 0 Å². The second-order valence-corrected chi connectivity index (χ2v) is 19.2. The Bertz CT molecular complexity index is 4430. The van der Waals surface area contributed by atoms with Crippen LogP contribution in [-0.2, 0) is 0 Å². The van der Waals surface area contributed by atoms with Crippen LogP contribution in [0, 0.1) is 0 Å². The van der Waals surface area contributed by atoms with Gasteiger partial charge in [-0.3, -0.25) is 0 Å². The molecule has 0 aliphatic rings. The predicted molar refractivity (Wildman–Crippen MR) is 294 cm³/mol. The highest BCUT2D eigenvalue weighted by Gasteiger charge is 2.22. The molecule has 0 spiro atoms. The number of rotatable bonds is 6. The van der Waals surface area contributed by atoms with Crippen molar-refractivity contribution < 1.29 is 0 Å². The Morgan fingerprint density at radius 1 is 0.286 bits per heavy atom. The third-order valence-corrected chi connectivity index (χ3v) is 15.4. The Hall–Kier alpha value is -9.10. The van der Waals surface area contributed by atoms with Crippen LogP contribution >= 0.6 is 11.3 Å². The van der Waals surface area contributed by atoms with E-state index in [1.165, 1.54) is 63.5 Å². The van der Waals surface area contributed by atoms with E-state index < -0.39 is 0 Å². The minimum Gasteiger partial charge on any atom is -0.309 e. The highest BCUT2D eigenvalue weighted by Crippen LogP contribution is 2.45. The van der Waals surface area contributed by atoms with Crippen LogP contribution in [0.1, 0.15) is 0 Å². The Balaban J connectivity index is 0.998. The molecule has 0 saturated carbocycles. The van der Waals surface area contributed by atoms with Gasteiger partial charge in [0, 0.05) is 86.2 Å². The highest BCUT2D eigenvalue weighted by molar-refractivity contribution is 7.26. The van der Waals surface area contributed by atoms with E-state index in [0.29, 0.717) is 5.82 Å². The molecular formula is C64H39N5S. The van der Waals surface area contributed by atoms with Crippen LogP contribution in [0.4, 0.5) is 0 Å². The number of aromatic nitrogens is 5. The first-order chi connectivity index (χ1) is 34.7. The van der Waals surface area contributed by atoms with Gasteiger partial charge in [0.15, 0.2) is 5.82 Å². The van der Waals surface area contributed by atoms with Crippen molar-refractivity contribution in [3.8, 4) is 51.0 Å². The minimum absolute atomic E-state index is 0.686. The summed E-state index contributed by atoms with van der Waals surface area (Å²) in [5.74, 6) is 0.686. The Morgan fingerprint density at radius 2 is 0.743 bits per heavy atom. The second-order valence-electron chi connectivity index (χ2n) is 18.1. The fourth-order valence-electron chi connectivity index (χ4n) is 11.2. The summed E-state index contributed by atoms with van der Waals surface area (Å²) in [6.45, 7) is 0. The summed E-state index contributed by atoms with van der Waals surface area (Å²) in [5.41, 5.74) is 15.0. The van der Waals surface area contributed by atoms with Crippen molar-refractivity contribution in [3.63, 3.8) is 0 Å². The highest BCUT2D eigenvalue weighted by atomic mass is 32.1. The molecule has 0 saturated heterocycles. The molecule has 10 aromatic carbocycles. The van der Waals surface area contributed by atoms with Crippen LogP contribution in [0.25, 0.3) is 137 Å². The van der Waals surface area contributed by atoms with E-state index in [0.717, 1.165) is 67.2 Å². The summed E-state index contributed by atoms with van der Waals surface area (Å²) in [6.07, 6.45) is 0. The number of thiophene rings is 1. The molecule has 0 aliphatic carbocycles. The zero-order valence-electron chi connectivity index (χ0n) is 37.7. The molecule has 0 amide bonds. The zero-order valence-corrected chi connectivity index (χ0v) is 38.5. The van der Waals surface area contributed by atoms with E-state index in [-0.39, 0.29) is 0 Å². The molecule has 70 heavy (non-hydrogen) atoms. The Morgan fingerprint density at radius 3 is 1.31 bits per heavy atom. The Labute approximate surface area is 406 Å². The van der Waals surface area contributed by atoms with Crippen molar-refractivity contribution in [2.24, 2.45) is 0 Å². The molecule has 15 rings (SSSR count). The predicted octanol–water partition coefficient (Wildman–Crippen LogP) is 17.1. The lowest BCUT2D eigenvalue weighted by Gasteiger charge is -2.16. The zero-order chi connectivity index (χ0) is 45.9. The number of hydrogen-bond donors (Lipinski definition) is 0. The van der Waals surface area contributed by atoms with Crippen molar-refractivity contribution in [3.05, 3.63) is 237 Å². The van der Waals surface area contributed by atoms with Crippen LogP contribution in [0.5, 0.6) is 0 Å². The van der Waals surface area contributed by atoms with Crippen LogP contribution in [0.2, 0.25) is 0 Å². The molecule has 5 aromatic heterocycles. The fourth-order valence-corrected chi connectivity index (χ4v) is 12.4. The lowest BCUT2D eigenvalue weighted by atomic mass is 10.0. The molecule has 0 fully saturated rings. The summed E-state index contributed by atoms with van der Waals surface area (Å²) >= 11 is 1.89. The van der Waals surface area contributed by atoms with Crippen molar-refractivity contribution in [2.45, 2.75) is 0 Å². The molecule has 15 aromatic rings. The van der Waals surface area contributed by atoms with Crippen LogP contribution in [-0.4, -0.2) is 23.7 Å². The fraction of sp³-hybridized carbons (Fsp3) is 0. The smallest absolute Gasteiger partial charge is 0.160 e. The van der Waals surface area contributed by atoms with Gasteiger partial charge in [0.2, 0.25) is 0 Å². The molecule has 0 atom stereocenters. The molecule has 5 heterocycles. The number of nitrogens with zero attached hydrogens (tertiary/aromatic N) is 5. The summed E-state index contributed by atoms with van der Waals surface area (Å²) < 4.78 is 9.87. The van der Waals surface area contributed by atoms with E-state index in [9.17, 15) is 0 Å². The van der Waals surface area contributed by atoms with Gasteiger partial charge in [-0.25, -0.2) is 9.97 Å². The van der Waals surface area contributed by atoms with Crippen molar-refractivity contribution in [1.82, 2.24) is 23.7 Å². The van der Waals surface area contributed by atoms with Crippen molar-refractivity contribution in [2.75, 3.05) is 0 Å². The molecule has 0 radical (unpaired) electrons. The first kappa shape index (κ1) is 38.9. The standard InChI is InChI=1S/C64H39N5S/c1-3-17-40(18-4-1)53-39-54(66-64(65-53)41-19-5-2-6-20-41)42-35-44(68-57-28-14-9-23-48(57)49-24-10-15-29-58(49)68)37-45(36-42)69-59-30-16-11-25-51(59)62-60(69)33-32-50-52-38-43(31-34-61(52)70-63(50)62)67-55-26-12-7-21-46(55)47-22-8-13-27-56(47)67/h1-39H. The first-order valence-corrected chi connectivity index (χ1v) is 24.5. The van der Waals surface area contributed by atoms with Crippen LogP contribution in [0.15, 0.2) is 237 Å². The molecule has 6 heteroatoms. The largest absolute Gasteiger partial charge is 0.309 e. The summed E-state index contributed by atoms with van der Waals surface area (Å²) in [4.78, 5) is 10.6. The van der Waals surface area contributed by atoms with Gasteiger partial charge in [-0.2, -0.15) is 0 Å². The summed E-state index contributed by atoms with van der Waals surface area (Å²) in [5, 5.41) is 9.98. The topological polar surface area (TPSA) is 40.6 Å². The number of fused-ring (bicyclic) bond motifs is 13. The summed E-state index contributed by atoms with van der Waals surface area (Å²) in [7, 11) is 0. The first-order valence-electron chi connectivity index (χ1n) is 23.7. The number of hydrogen-bond acceptors (Lipinski definition) is 3. The van der Waals surface area contributed by atoms with E-state index in [1.54, 1.807) is 0 Å². The van der Waals surface area contributed by atoms with E-state index >= 15 is 0 Å². The van der Waals surface area contributed by atoms with E-state index in [1.807, 2.05) is 23.5 Å². The lowest BCUT2D eigenvalue weighted by molar-refractivity contribution is 1.13. The maximum Gasteiger partial charge on any atom is 0.160 e.